The summed E-state index contributed by atoms with van der Waals surface area (Å²) in [6, 6.07) is 7.77. The van der Waals surface area contributed by atoms with Crippen molar-refractivity contribution in [3.63, 3.8) is 0 Å². The van der Waals surface area contributed by atoms with E-state index >= 15 is 0 Å². The predicted molar refractivity (Wildman–Crippen MR) is 97.5 cm³/mol. The highest BCUT2D eigenvalue weighted by molar-refractivity contribution is 7.15. The van der Waals surface area contributed by atoms with E-state index in [0.29, 0.717) is 6.54 Å². The molecule has 0 atom stereocenters. The van der Waals surface area contributed by atoms with Gasteiger partial charge in [-0.25, -0.2) is 4.98 Å². The molecule has 1 aromatic carbocycles. The predicted octanol–water partition coefficient (Wildman–Crippen LogP) is 3.00. The van der Waals surface area contributed by atoms with Crippen LogP contribution in [0.15, 0.2) is 29.6 Å². The minimum absolute atomic E-state index is 0.0269. The molecule has 0 aliphatic rings. The van der Waals surface area contributed by atoms with Crippen LogP contribution in [0, 0.1) is 13.8 Å². The lowest BCUT2D eigenvalue weighted by atomic mass is 10.1. The summed E-state index contributed by atoms with van der Waals surface area (Å²) in [4.78, 5) is 19.3. The molecule has 0 fully saturated rings. The average molecular weight is 342 g/mol. The van der Waals surface area contributed by atoms with Crippen molar-refractivity contribution >= 4 is 22.2 Å². The number of thiazole rings is 1. The molecule has 0 radical (unpaired) electrons. The van der Waals surface area contributed by atoms with Crippen molar-refractivity contribution in [2.24, 2.45) is 0 Å². The number of carbonyl (C=O) groups excluding carboxylic acids is 1. The molecule has 5 nitrogen and oxygen atoms in total. The first-order valence-corrected chi connectivity index (χ1v) is 8.78. The quantitative estimate of drug-likeness (QED) is 0.775. The summed E-state index contributed by atoms with van der Waals surface area (Å²) in [7, 11) is 3.54. The van der Waals surface area contributed by atoms with Crippen LogP contribution >= 0.6 is 11.3 Å². The lowest BCUT2D eigenvalue weighted by Gasteiger charge is -2.11. The van der Waals surface area contributed by atoms with Gasteiger partial charge in [-0.05, 0) is 31.5 Å². The van der Waals surface area contributed by atoms with Gasteiger partial charge in [-0.15, -0.1) is 11.3 Å². The number of aryl methyl sites for hydroxylation is 2. The summed E-state index contributed by atoms with van der Waals surface area (Å²) in [5, 5.41) is 5.59. The van der Waals surface area contributed by atoms with E-state index in [1.807, 2.05) is 31.2 Å². The second-order valence-electron chi connectivity index (χ2n) is 6.14. The number of aromatic nitrogens is 2. The van der Waals surface area contributed by atoms with E-state index in [4.69, 9.17) is 0 Å². The highest BCUT2D eigenvalue weighted by atomic mass is 32.1. The first-order chi connectivity index (χ1) is 11.5. The summed E-state index contributed by atoms with van der Waals surface area (Å²) in [6.45, 7) is 5.61. The number of benzene rings is 1. The van der Waals surface area contributed by atoms with Gasteiger partial charge in [0, 0.05) is 43.8 Å². The van der Waals surface area contributed by atoms with Gasteiger partial charge in [0.25, 0.3) is 5.91 Å². The Morgan fingerprint density at radius 2 is 2.08 bits per heavy atom. The van der Waals surface area contributed by atoms with Crippen LogP contribution in [0.2, 0.25) is 0 Å². The molecule has 0 bridgehead atoms. The zero-order chi connectivity index (χ0) is 17.3. The van der Waals surface area contributed by atoms with Gasteiger partial charge in [0.2, 0.25) is 0 Å². The van der Waals surface area contributed by atoms with Crippen LogP contribution in [0.25, 0.3) is 4.96 Å². The summed E-state index contributed by atoms with van der Waals surface area (Å²) >= 11 is 1.67. The Balaban J connectivity index is 1.70. The van der Waals surface area contributed by atoms with Gasteiger partial charge in [0.15, 0.2) is 4.96 Å². The number of fused-ring (bicyclic) bond motifs is 1. The molecule has 24 heavy (non-hydrogen) atoms. The first-order valence-electron chi connectivity index (χ1n) is 7.90. The van der Waals surface area contributed by atoms with Crippen molar-refractivity contribution in [1.29, 1.82) is 0 Å². The van der Waals surface area contributed by atoms with Crippen LogP contribution in [0.3, 0.4) is 0 Å². The van der Waals surface area contributed by atoms with Crippen LogP contribution in [-0.2, 0) is 13.1 Å². The van der Waals surface area contributed by atoms with Gasteiger partial charge in [0.1, 0.15) is 0 Å². The molecular weight excluding hydrogens is 320 g/mol. The third-order valence-electron chi connectivity index (χ3n) is 4.03. The molecule has 0 aliphatic carbocycles. The fourth-order valence-electron chi connectivity index (χ4n) is 2.77. The van der Waals surface area contributed by atoms with E-state index in [-0.39, 0.29) is 5.91 Å². The number of nitrogens with one attached hydrogen (secondary N) is 1. The zero-order valence-electron chi connectivity index (χ0n) is 14.5. The second kappa shape index (κ2) is 6.75. The molecule has 1 N–H and O–H groups in total. The SMILES string of the molecule is Cc1nc2scc(C)n2c1CNCc1cccc(C(=O)N(C)C)c1. The van der Waals surface area contributed by atoms with Crippen LogP contribution < -0.4 is 5.32 Å². The minimum Gasteiger partial charge on any atom is -0.345 e. The van der Waals surface area contributed by atoms with Crippen molar-refractivity contribution in [3.05, 3.63) is 57.9 Å². The van der Waals surface area contributed by atoms with E-state index in [1.54, 1.807) is 30.3 Å². The molecule has 1 amide bonds. The minimum atomic E-state index is 0.0269. The standard InChI is InChI=1S/C18H22N4OS/c1-12-11-24-18-20-13(2)16(22(12)18)10-19-9-14-6-5-7-15(8-14)17(23)21(3)4/h5-8,11,19H,9-10H2,1-4H3. The summed E-state index contributed by atoms with van der Waals surface area (Å²) in [6.07, 6.45) is 0. The number of rotatable bonds is 5. The monoisotopic (exact) mass is 342 g/mol. The van der Waals surface area contributed by atoms with E-state index < -0.39 is 0 Å². The second-order valence-corrected chi connectivity index (χ2v) is 6.98. The molecule has 0 spiro atoms. The summed E-state index contributed by atoms with van der Waals surface area (Å²) in [5.41, 5.74) is 5.29. The number of imidazole rings is 1. The normalized spacial score (nSPS) is 11.2. The Kier molecular flexibility index (Phi) is 4.69. The number of hydrogen-bond donors (Lipinski definition) is 1. The Bertz CT molecular complexity index is 878. The van der Waals surface area contributed by atoms with Crippen LogP contribution in [-0.4, -0.2) is 34.3 Å². The smallest absolute Gasteiger partial charge is 0.253 e. The highest BCUT2D eigenvalue weighted by Crippen LogP contribution is 2.20. The van der Waals surface area contributed by atoms with E-state index in [9.17, 15) is 4.79 Å². The average Bonchev–Trinajstić information content (AvgIpc) is 3.06. The molecule has 2 aromatic heterocycles. The van der Waals surface area contributed by atoms with Gasteiger partial charge in [-0.2, -0.15) is 0 Å². The van der Waals surface area contributed by atoms with Crippen LogP contribution in [0.4, 0.5) is 0 Å². The fourth-order valence-corrected chi connectivity index (χ4v) is 3.70. The first kappa shape index (κ1) is 16.7. The molecule has 6 heteroatoms. The molecule has 0 saturated carbocycles. The third kappa shape index (κ3) is 3.20. The van der Waals surface area contributed by atoms with Gasteiger partial charge in [-0.3, -0.25) is 9.20 Å². The van der Waals surface area contributed by atoms with Gasteiger partial charge < -0.3 is 10.2 Å². The van der Waals surface area contributed by atoms with Crippen molar-refractivity contribution in [1.82, 2.24) is 19.6 Å². The maximum absolute atomic E-state index is 12.1. The lowest BCUT2D eigenvalue weighted by molar-refractivity contribution is 0.0827. The molecule has 126 valence electrons. The number of amides is 1. The maximum Gasteiger partial charge on any atom is 0.253 e. The molecule has 0 aliphatic heterocycles. The van der Waals surface area contributed by atoms with Crippen molar-refractivity contribution in [2.75, 3.05) is 14.1 Å². The molecule has 3 rings (SSSR count). The number of carbonyl (C=O) groups is 1. The highest BCUT2D eigenvalue weighted by Gasteiger charge is 2.12. The molecular formula is C18H22N4OS. The Morgan fingerprint density at radius 1 is 1.29 bits per heavy atom. The fraction of sp³-hybridized carbons (Fsp3) is 0.333. The molecule has 0 unspecified atom stereocenters. The van der Waals surface area contributed by atoms with Gasteiger partial charge in [-0.1, -0.05) is 12.1 Å². The zero-order valence-corrected chi connectivity index (χ0v) is 15.3. The molecule has 2 heterocycles. The number of hydrogen-bond acceptors (Lipinski definition) is 4. The van der Waals surface area contributed by atoms with E-state index in [1.165, 1.54) is 11.4 Å². The Hall–Kier alpha value is -2.18. The Labute approximate surface area is 145 Å². The van der Waals surface area contributed by atoms with E-state index in [2.05, 4.69) is 27.0 Å². The molecule has 0 saturated heterocycles. The van der Waals surface area contributed by atoms with Crippen LogP contribution in [0.1, 0.15) is 33.0 Å². The topological polar surface area (TPSA) is 49.6 Å². The van der Waals surface area contributed by atoms with Crippen molar-refractivity contribution < 1.29 is 4.79 Å². The van der Waals surface area contributed by atoms with Crippen molar-refractivity contribution in [3.8, 4) is 0 Å². The largest absolute Gasteiger partial charge is 0.345 e. The summed E-state index contributed by atoms with van der Waals surface area (Å²) in [5.74, 6) is 0.0269. The van der Waals surface area contributed by atoms with Crippen molar-refractivity contribution in [2.45, 2.75) is 26.9 Å². The third-order valence-corrected chi connectivity index (χ3v) is 4.98. The van der Waals surface area contributed by atoms with Gasteiger partial charge in [0.05, 0.1) is 11.4 Å². The maximum atomic E-state index is 12.1. The van der Waals surface area contributed by atoms with E-state index in [0.717, 1.165) is 28.3 Å². The summed E-state index contributed by atoms with van der Waals surface area (Å²) < 4.78 is 2.21. The van der Waals surface area contributed by atoms with Gasteiger partial charge >= 0.3 is 0 Å². The number of nitrogens with zero attached hydrogens (tertiary/aromatic N) is 3. The molecule has 3 aromatic rings. The van der Waals surface area contributed by atoms with Crippen LogP contribution in [0.5, 0.6) is 0 Å². The Morgan fingerprint density at radius 3 is 2.83 bits per heavy atom. The lowest BCUT2D eigenvalue weighted by Crippen LogP contribution is -2.22.